The fourth-order valence-corrected chi connectivity index (χ4v) is 4.70. The van der Waals surface area contributed by atoms with Crippen LogP contribution in [0.4, 0.5) is 23.1 Å². The molecule has 2 aliphatic heterocycles. The minimum absolute atomic E-state index is 0.202. The number of anilines is 4. The molecule has 3 aromatic rings. The number of hydrogen-bond acceptors (Lipinski definition) is 7. The van der Waals surface area contributed by atoms with Crippen molar-refractivity contribution in [1.29, 1.82) is 0 Å². The van der Waals surface area contributed by atoms with Crippen LogP contribution in [0.1, 0.15) is 23.2 Å². The fourth-order valence-electron chi connectivity index (χ4n) is 4.03. The molecule has 2 N–H and O–H groups in total. The molecule has 0 bridgehead atoms. The molecule has 1 aromatic carbocycles. The molecule has 1 saturated heterocycles. The zero-order chi connectivity index (χ0) is 20.7. The maximum absolute atomic E-state index is 12.8. The van der Waals surface area contributed by atoms with Crippen molar-refractivity contribution in [2.75, 3.05) is 42.7 Å². The molecular formula is C22H24N6OS. The zero-order valence-electron chi connectivity index (χ0n) is 17.1. The summed E-state index contributed by atoms with van der Waals surface area (Å²) in [5, 5.41) is 10.5. The van der Waals surface area contributed by atoms with E-state index in [0.29, 0.717) is 23.4 Å². The number of nitrogens with zero attached hydrogens (tertiary/aromatic N) is 4. The Morgan fingerprint density at radius 3 is 2.73 bits per heavy atom. The van der Waals surface area contributed by atoms with Gasteiger partial charge in [0.05, 0.1) is 11.4 Å². The third-order valence-corrected chi connectivity index (χ3v) is 6.63. The number of fused-ring (bicyclic) bond motifs is 2. The molecule has 5 rings (SSSR count). The lowest BCUT2D eigenvalue weighted by molar-refractivity contribution is 0.102. The lowest BCUT2D eigenvalue weighted by Gasteiger charge is -2.35. The van der Waals surface area contributed by atoms with Crippen LogP contribution < -0.4 is 15.5 Å². The first kappa shape index (κ1) is 19.0. The Kier molecular flexibility index (Phi) is 4.88. The number of nitrogens with one attached hydrogen (secondary N) is 2. The highest BCUT2D eigenvalue weighted by atomic mass is 32.1. The summed E-state index contributed by atoms with van der Waals surface area (Å²) in [7, 11) is 4.19. The minimum Gasteiger partial charge on any atom is -0.341 e. The van der Waals surface area contributed by atoms with E-state index in [1.54, 1.807) is 17.5 Å². The number of piperidine rings is 1. The van der Waals surface area contributed by atoms with Crippen molar-refractivity contribution in [1.82, 2.24) is 14.9 Å². The molecule has 0 radical (unpaired) electrons. The normalized spacial score (nSPS) is 16.8. The molecule has 7 nitrogen and oxygen atoms in total. The van der Waals surface area contributed by atoms with E-state index in [0.717, 1.165) is 48.4 Å². The van der Waals surface area contributed by atoms with E-state index in [-0.39, 0.29) is 5.91 Å². The van der Waals surface area contributed by atoms with Crippen molar-refractivity contribution < 1.29 is 4.79 Å². The van der Waals surface area contributed by atoms with Crippen molar-refractivity contribution in [3.63, 3.8) is 0 Å². The van der Waals surface area contributed by atoms with Gasteiger partial charge in [0.15, 0.2) is 0 Å². The van der Waals surface area contributed by atoms with Crippen LogP contribution in [0.3, 0.4) is 0 Å². The average molecular weight is 421 g/mol. The quantitative estimate of drug-likeness (QED) is 0.666. The van der Waals surface area contributed by atoms with Crippen LogP contribution in [0.15, 0.2) is 41.2 Å². The molecule has 2 aliphatic rings. The van der Waals surface area contributed by atoms with E-state index in [1.165, 1.54) is 0 Å². The summed E-state index contributed by atoms with van der Waals surface area (Å²) < 4.78 is 0. The highest BCUT2D eigenvalue weighted by Crippen LogP contribution is 2.35. The van der Waals surface area contributed by atoms with Gasteiger partial charge in [0.1, 0.15) is 11.4 Å². The van der Waals surface area contributed by atoms with E-state index in [4.69, 9.17) is 4.98 Å². The van der Waals surface area contributed by atoms with E-state index >= 15 is 0 Å². The van der Waals surface area contributed by atoms with Gasteiger partial charge in [-0.25, -0.2) is 4.98 Å². The van der Waals surface area contributed by atoms with E-state index in [2.05, 4.69) is 50.0 Å². The number of aromatic nitrogens is 2. The van der Waals surface area contributed by atoms with Gasteiger partial charge in [-0.2, -0.15) is 16.3 Å². The first-order chi connectivity index (χ1) is 14.6. The van der Waals surface area contributed by atoms with Crippen molar-refractivity contribution >= 4 is 40.4 Å². The number of likely N-dealkylation sites (tertiary alicyclic amines) is 1. The second-order valence-electron chi connectivity index (χ2n) is 7.93. The monoisotopic (exact) mass is 420 g/mol. The Bertz CT molecular complexity index is 1080. The summed E-state index contributed by atoms with van der Waals surface area (Å²) in [6.07, 6.45) is 3.78. The Morgan fingerprint density at radius 1 is 1.13 bits per heavy atom. The molecule has 8 heteroatoms. The van der Waals surface area contributed by atoms with Crippen molar-refractivity contribution in [2.24, 2.45) is 0 Å². The maximum atomic E-state index is 12.8. The molecule has 0 spiro atoms. The lowest BCUT2D eigenvalue weighted by Crippen LogP contribution is -2.42. The van der Waals surface area contributed by atoms with Gasteiger partial charge in [-0.3, -0.25) is 4.79 Å². The Balaban J connectivity index is 1.44. The first-order valence-corrected chi connectivity index (χ1v) is 11.1. The Labute approximate surface area is 179 Å². The predicted octanol–water partition coefficient (Wildman–Crippen LogP) is 4.04. The van der Waals surface area contributed by atoms with Crippen LogP contribution in [-0.4, -0.2) is 54.0 Å². The molecule has 154 valence electrons. The number of thiophene rings is 1. The number of rotatable bonds is 3. The van der Waals surface area contributed by atoms with Crippen LogP contribution in [0.25, 0.3) is 11.1 Å². The second-order valence-corrected chi connectivity index (χ2v) is 8.71. The zero-order valence-corrected chi connectivity index (χ0v) is 17.9. The topological polar surface area (TPSA) is 73.4 Å². The second kappa shape index (κ2) is 7.70. The predicted molar refractivity (Wildman–Crippen MR) is 122 cm³/mol. The van der Waals surface area contributed by atoms with Gasteiger partial charge >= 0.3 is 0 Å². The van der Waals surface area contributed by atoms with Gasteiger partial charge in [0.25, 0.3) is 5.91 Å². The van der Waals surface area contributed by atoms with Gasteiger partial charge in [-0.05, 0) is 73.1 Å². The highest BCUT2D eigenvalue weighted by Gasteiger charge is 2.26. The molecule has 0 unspecified atom stereocenters. The van der Waals surface area contributed by atoms with E-state index in [9.17, 15) is 4.79 Å². The maximum Gasteiger partial charge on any atom is 0.261 e. The van der Waals surface area contributed by atoms with Crippen molar-refractivity contribution in [3.05, 3.63) is 46.8 Å². The number of amides is 1. The molecule has 1 fully saturated rings. The van der Waals surface area contributed by atoms with Gasteiger partial charge in [0.2, 0.25) is 5.95 Å². The molecule has 2 aromatic heterocycles. The highest BCUT2D eigenvalue weighted by molar-refractivity contribution is 7.08. The van der Waals surface area contributed by atoms with Crippen LogP contribution in [0.5, 0.6) is 0 Å². The smallest absolute Gasteiger partial charge is 0.261 e. The molecule has 0 atom stereocenters. The summed E-state index contributed by atoms with van der Waals surface area (Å²) in [6.45, 7) is 2.14. The van der Waals surface area contributed by atoms with Gasteiger partial charge in [-0.15, -0.1) is 0 Å². The summed E-state index contributed by atoms with van der Waals surface area (Å²) >= 11 is 1.65. The first-order valence-electron chi connectivity index (χ1n) is 10.1. The van der Waals surface area contributed by atoms with Crippen molar-refractivity contribution in [2.45, 2.75) is 18.9 Å². The molecule has 0 aliphatic carbocycles. The Morgan fingerprint density at radius 2 is 1.97 bits per heavy atom. The lowest BCUT2D eigenvalue weighted by atomic mass is 10.0. The third-order valence-electron chi connectivity index (χ3n) is 5.95. The Hall–Kier alpha value is -2.97. The van der Waals surface area contributed by atoms with Crippen LogP contribution in [0, 0.1) is 0 Å². The van der Waals surface area contributed by atoms with Crippen molar-refractivity contribution in [3.8, 4) is 11.1 Å². The standard InChI is InChI=1S/C22H24N6OS/c1-27-8-5-16(6-9-27)28(2)22-23-12-17-20(26-22)24-18-4-3-14(15-7-10-30-13-15)11-19(18)25-21(17)29/h3-4,7,10-13,16H,5-6,8-9H2,1-2H3,(H,25,29)(H,23,24,26). The van der Waals surface area contributed by atoms with Gasteiger partial charge < -0.3 is 20.4 Å². The van der Waals surface area contributed by atoms with E-state index in [1.807, 2.05) is 24.6 Å². The molecular weight excluding hydrogens is 396 g/mol. The number of carbonyl (C=O) groups excluding carboxylic acids is 1. The molecule has 30 heavy (non-hydrogen) atoms. The van der Waals surface area contributed by atoms with Gasteiger partial charge in [0, 0.05) is 19.3 Å². The minimum atomic E-state index is -0.202. The third kappa shape index (κ3) is 3.53. The van der Waals surface area contributed by atoms with E-state index < -0.39 is 0 Å². The average Bonchev–Trinajstić information content (AvgIpc) is 3.25. The van der Waals surface area contributed by atoms with Crippen LogP contribution >= 0.6 is 11.3 Å². The SMILES string of the molecule is CN1CCC(N(C)c2ncc3c(n2)Nc2ccc(-c4ccsc4)cc2NC3=O)CC1. The number of carbonyl (C=O) groups is 1. The molecule has 4 heterocycles. The largest absolute Gasteiger partial charge is 0.341 e. The summed E-state index contributed by atoms with van der Waals surface area (Å²) in [5.41, 5.74) is 4.22. The number of hydrogen-bond donors (Lipinski definition) is 2. The summed E-state index contributed by atoms with van der Waals surface area (Å²) in [5.74, 6) is 0.980. The fraction of sp³-hybridized carbons (Fsp3) is 0.318. The summed E-state index contributed by atoms with van der Waals surface area (Å²) in [6, 6.07) is 8.51. The molecule has 1 amide bonds. The van der Waals surface area contributed by atoms with Gasteiger partial charge in [-0.1, -0.05) is 6.07 Å². The summed E-state index contributed by atoms with van der Waals surface area (Å²) in [4.78, 5) is 26.5. The van der Waals surface area contributed by atoms with Crippen LogP contribution in [-0.2, 0) is 0 Å². The van der Waals surface area contributed by atoms with Crippen LogP contribution in [0.2, 0.25) is 0 Å². The molecule has 0 saturated carbocycles. The number of benzene rings is 1.